The van der Waals surface area contributed by atoms with Gasteiger partial charge < -0.3 is 15.0 Å². The van der Waals surface area contributed by atoms with Gasteiger partial charge in [0.15, 0.2) is 5.82 Å². The number of ether oxygens (including phenoxy) is 1. The SMILES string of the molecule is CC(C)c1ccccc1-c1ncc2c(N3CC4CCC(C3)N4)nc(OCC34CCCN3C[C@H](F)C4)nc2c1F. The van der Waals surface area contributed by atoms with Gasteiger partial charge in [-0.05, 0) is 43.7 Å². The number of fused-ring (bicyclic) bond motifs is 4. The molecule has 1 N–H and O–H groups in total. The number of benzene rings is 1. The molecule has 3 unspecified atom stereocenters. The fourth-order valence-electron chi connectivity index (χ4n) is 7.35. The van der Waals surface area contributed by atoms with Gasteiger partial charge in [-0.2, -0.15) is 9.97 Å². The summed E-state index contributed by atoms with van der Waals surface area (Å²) < 4.78 is 37.0. The van der Waals surface area contributed by atoms with Crippen molar-refractivity contribution in [3.8, 4) is 17.3 Å². The number of rotatable bonds is 6. The van der Waals surface area contributed by atoms with Gasteiger partial charge in [0.1, 0.15) is 29.8 Å². The molecule has 9 heteroatoms. The second kappa shape index (κ2) is 9.63. The van der Waals surface area contributed by atoms with Gasteiger partial charge in [-0.15, -0.1) is 0 Å². The molecule has 0 radical (unpaired) electrons. The van der Waals surface area contributed by atoms with E-state index >= 15 is 4.39 Å². The van der Waals surface area contributed by atoms with Gasteiger partial charge in [0.05, 0.1) is 10.9 Å². The van der Waals surface area contributed by atoms with E-state index in [1.165, 1.54) is 0 Å². The lowest BCUT2D eigenvalue weighted by molar-refractivity contribution is 0.107. The molecule has 2 aromatic heterocycles. The van der Waals surface area contributed by atoms with Crippen LogP contribution in [-0.4, -0.2) is 76.4 Å². The average molecular weight is 535 g/mol. The van der Waals surface area contributed by atoms with E-state index < -0.39 is 12.0 Å². The van der Waals surface area contributed by atoms with Crippen LogP contribution in [0.3, 0.4) is 0 Å². The average Bonchev–Trinajstić information content (AvgIpc) is 3.58. The van der Waals surface area contributed by atoms with Gasteiger partial charge in [-0.1, -0.05) is 38.1 Å². The Hall–Kier alpha value is -2.91. The number of nitrogens with zero attached hydrogens (tertiary/aromatic N) is 5. The lowest BCUT2D eigenvalue weighted by atomic mass is 9.94. The summed E-state index contributed by atoms with van der Waals surface area (Å²) in [6, 6.07) is 8.75. The van der Waals surface area contributed by atoms with Gasteiger partial charge in [-0.25, -0.2) is 8.78 Å². The van der Waals surface area contributed by atoms with Crippen LogP contribution >= 0.6 is 0 Å². The number of nitrogens with one attached hydrogen (secondary N) is 1. The third kappa shape index (κ3) is 4.34. The number of halogens is 2. The molecule has 6 heterocycles. The quantitative estimate of drug-likeness (QED) is 0.485. The summed E-state index contributed by atoms with van der Waals surface area (Å²) >= 11 is 0. The monoisotopic (exact) mass is 534 g/mol. The molecule has 4 aliphatic heterocycles. The van der Waals surface area contributed by atoms with Crippen molar-refractivity contribution in [2.75, 3.05) is 37.7 Å². The Morgan fingerprint density at radius 1 is 1.13 bits per heavy atom. The molecule has 2 bridgehead atoms. The number of alkyl halides is 1. The van der Waals surface area contributed by atoms with Crippen molar-refractivity contribution in [2.45, 2.75) is 75.7 Å². The second-order valence-electron chi connectivity index (χ2n) is 12.2. The highest BCUT2D eigenvalue weighted by Gasteiger charge is 2.49. The van der Waals surface area contributed by atoms with E-state index in [9.17, 15) is 4.39 Å². The molecule has 3 aromatic rings. The Morgan fingerprint density at radius 2 is 1.92 bits per heavy atom. The fraction of sp³-hybridized carbons (Fsp3) is 0.567. The standard InChI is InChI=1S/C30H36F2N6O/c1-18(2)22-6-3-4-7-23(22)26-25(32)27-24(13-33-26)28(37-15-20-8-9-21(16-37)34-20)36-29(35-27)39-17-30-10-5-11-38(30)14-19(31)12-30/h3-4,6-7,13,18-21,34H,5,8-12,14-17H2,1-2H3/t19-,20?,21?,30?/m1/s1. The summed E-state index contributed by atoms with van der Waals surface area (Å²) in [5, 5.41) is 4.25. The van der Waals surface area contributed by atoms with Crippen molar-refractivity contribution in [1.29, 1.82) is 0 Å². The van der Waals surface area contributed by atoms with Crippen LogP contribution in [-0.2, 0) is 0 Å². The Bertz CT molecular complexity index is 1390. The van der Waals surface area contributed by atoms with Crippen molar-refractivity contribution >= 4 is 16.7 Å². The number of hydrogen-bond acceptors (Lipinski definition) is 7. The maximum atomic E-state index is 16.4. The van der Waals surface area contributed by atoms with E-state index in [1.807, 2.05) is 24.3 Å². The van der Waals surface area contributed by atoms with E-state index in [2.05, 4.69) is 38.9 Å². The van der Waals surface area contributed by atoms with E-state index in [0.717, 1.165) is 56.4 Å². The second-order valence-corrected chi connectivity index (χ2v) is 12.2. The van der Waals surface area contributed by atoms with Crippen molar-refractivity contribution < 1.29 is 13.5 Å². The summed E-state index contributed by atoms with van der Waals surface area (Å²) in [7, 11) is 0. The fourth-order valence-corrected chi connectivity index (χ4v) is 7.35. The maximum Gasteiger partial charge on any atom is 0.319 e. The smallest absolute Gasteiger partial charge is 0.319 e. The maximum absolute atomic E-state index is 16.4. The molecule has 4 fully saturated rings. The van der Waals surface area contributed by atoms with Crippen molar-refractivity contribution in [3.63, 3.8) is 0 Å². The first-order valence-electron chi connectivity index (χ1n) is 14.4. The minimum absolute atomic E-state index is 0.153. The topological polar surface area (TPSA) is 66.4 Å². The third-order valence-electron chi connectivity index (χ3n) is 9.23. The summed E-state index contributed by atoms with van der Waals surface area (Å²) in [4.78, 5) is 18.5. The molecule has 0 saturated carbocycles. The lowest BCUT2D eigenvalue weighted by Crippen LogP contribution is -2.51. The van der Waals surface area contributed by atoms with Crippen LogP contribution in [0.25, 0.3) is 22.2 Å². The molecule has 7 rings (SSSR count). The van der Waals surface area contributed by atoms with Crippen LogP contribution in [0.1, 0.15) is 57.4 Å². The van der Waals surface area contributed by atoms with Crippen LogP contribution in [0.2, 0.25) is 0 Å². The molecule has 0 aliphatic carbocycles. The normalized spacial score (nSPS) is 28.5. The molecule has 0 amide bonds. The van der Waals surface area contributed by atoms with E-state index in [4.69, 9.17) is 9.72 Å². The number of aromatic nitrogens is 3. The molecule has 1 aromatic carbocycles. The van der Waals surface area contributed by atoms with Crippen molar-refractivity contribution in [2.24, 2.45) is 0 Å². The van der Waals surface area contributed by atoms with E-state index in [1.54, 1.807) is 6.20 Å². The van der Waals surface area contributed by atoms with Gasteiger partial charge >= 0.3 is 6.01 Å². The minimum Gasteiger partial charge on any atom is -0.461 e. The van der Waals surface area contributed by atoms with Crippen molar-refractivity contribution in [1.82, 2.24) is 25.2 Å². The third-order valence-corrected chi connectivity index (χ3v) is 9.23. The summed E-state index contributed by atoms with van der Waals surface area (Å²) in [6.45, 7) is 7.43. The lowest BCUT2D eigenvalue weighted by Gasteiger charge is -2.34. The minimum atomic E-state index is -0.842. The Labute approximate surface area is 228 Å². The molecular weight excluding hydrogens is 498 g/mol. The predicted octanol–water partition coefficient (Wildman–Crippen LogP) is 4.85. The zero-order valence-corrected chi connectivity index (χ0v) is 22.7. The number of anilines is 1. The van der Waals surface area contributed by atoms with Crippen LogP contribution < -0.4 is 15.0 Å². The van der Waals surface area contributed by atoms with Crippen LogP contribution in [0.4, 0.5) is 14.6 Å². The summed E-state index contributed by atoms with van der Waals surface area (Å²) in [5.74, 6) is 0.422. The first-order valence-corrected chi connectivity index (χ1v) is 14.4. The highest BCUT2D eigenvalue weighted by molar-refractivity contribution is 5.92. The molecule has 4 atom stereocenters. The molecule has 206 valence electrons. The summed E-state index contributed by atoms with van der Waals surface area (Å²) in [5.41, 5.74) is 1.99. The van der Waals surface area contributed by atoms with Crippen LogP contribution in [0.5, 0.6) is 6.01 Å². The predicted molar refractivity (Wildman–Crippen MR) is 148 cm³/mol. The zero-order valence-electron chi connectivity index (χ0n) is 22.7. The van der Waals surface area contributed by atoms with Gasteiger partial charge in [-0.3, -0.25) is 9.88 Å². The molecule has 39 heavy (non-hydrogen) atoms. The summed E-state index contributed by atoms with van der Waals surface area (Å²) in [6.07, 6.45) is 5.51. The van der Waals surface area contributed by atoms with E-state index in [0.29, 0.717) is 48.6 Å². The Kier molecular flexibility index (Phi) is 6.19. The Balaban J connectivity index is 1.31. The first-order chi connectivity index (χ1) is 18.9. The van der Waals surface area contributed by atoms with E-state index in [-0.39, 0.29) is 23.0 Å². The van der Waals surface area contributed by atoms with Crippen molar-refractivity contribution in [3.05, 3.63) is 41.8 Å². The molecule has 4 aliphatic rings. The first kappa shape index (κ1) is 25.1. The highest BCUT2D eigenvalue weighted by atomic mass is 19.1. The molecule has 0 spiro atoms. The highest BCUT2D eigenvalue weighted by Crippen LogP contribution is 2.41. The molecular formula is C30H36F2N6O. The number of pyridine rings is 1. The largest absolute Gasteiger partial charge is 0.461 e. The van der Waals surface area contributed by atoms with Gasteiger partial charge in [0.25, 0.3) is 0 Å². The van der Waals surface area contributed by atoms with Crippen LogP contribution in [0.15, 0.2) is 30.5 Å². The number of piperazine rings is 1. The van der Waals surface area contributed by atoms with Crippen LogP contribution in [0, 0.1) is 5.82 Å². The zero-order chi connectivity index (χ0) is 26.7. The van der Waals surface area contributed by atoms with Gasteiger partial charge in [0, 0.05) is 49.9 Å². The number of hydrogen-bond donors (Lipinski definition) is 1. The molecule has 7 nitrogen and oxygen atoms in total. The van der Waals surface area contributed by atoms with Gasteiger partial charge in [0.2, 0.25) is 0 Å². The Morgan fingerprint density at radius 3 is 2.72 bits per heavy atom. The molecule has 4 saturated heterocycles.